The zero-order chi connectivity index (χ0) is 12.3. The Hall–Kier alpha value is -1.30. The molecule has 0 aliphatic carbocycles. The van der Waals surface area contributed by atoms with Crippen LogP contribution in [0.2, 0.25) is 0 Å². The third kappa shape index (κ3) is 2.85. The number of carboxylic acids is 1. The van der Waals surface area contributed by atoms with Gasteiger partial charge in [-0.25, -0.2) is 4.79 Å². The number of urea groups is 1. The van der Waals surface area contributed by atoms with E-state index in [1.54, 1.807) is 0 Å². The normalized spacial score (nSPS) is 28.8. The average Bonchev–Trinajstić information content (AvgIpc) is 2.45. The van der Waals surface area contributed by atoms with Gasteiger partial charge in [-0.2, -0.15) is 0 Å². The molecule has 1 rings (SSSR count). The molecule has 2 atom stereocenters. The Morgan fingerprint density at radius 3 is 2.69 bits per heavy atom. The number of amides is 2. The van der Waals surface area contributed by atoms with E-state index >= 15 is 0 Å². The summed E-state index contributed by atoms with van der Waals surface area (Å²) < 4.78 is 5.38. The minimum absolute atomic E-state index is 0.0605. The number of likely N-dealkylation sites (N-methyl/N-ethyl adjacent to an activating group) is 1. The van der Waals surface area contributed by atoms with Crippen molar-refractivity contribution in [3.63, 3.8) is 0 Å². The van der Waals surface area contributed by atoms with E-state index in [9.17, 15) is 9.59 Å². The topological polar surface area (TPSA) is 78.9 Å². The van der Waals surface area contributed by atoms with Crippen LogP contribution in [0.4, 0.5) is 4.79 Å². The van der Waals surface area contributed by atoms with Gasteiger partial charge in [-0.3, -0.25) is 4.79 Å². The molecule has 0 radical (unpaired) electrons. The fraction of sp³-hybridized carbons (Fsp3) is 0.800. The molecule has 0 aromatic heterocycles. The van der Waals surface area contributed by atoms with Crippen molar-refractivity contribution in [1.82, 2.24) is 10.2 Å². The number of carbonyl (C=O) groups is 2. The van der Waals surface area contributed by atoms with E-state index in [0.717, 1.165) is 11.3 Å². The molecule has 1 heterocycles. The quantitative estimate of drug-likeness (QED) is 0.730. The van der Waals surface area contributed by atoms with Crippen molar-refractivity contribution >= 4 is 12.0 Å². The van der Waals surface area contributed by atoms with Crippen LogP contribution in [0.25, 0.3) is 0 Å². The summed E-state index contributed by atoms with van der Waals surface area (Å²) in [5.41, 5.74) is -0.413. The van der Waals surface area contributed by atoms with Gasteiger partial charge in [0, 0.05) is 13.7 Å². The molecule has 2 N–H and O–H groups in total. The molecule has 0 aromatic carbocycles. The van der Waals surface area contributed by atoms with E-state index in [0.29, 0.717) is 6.61 Å². The standard InChI is InChI=1S/C10H18N2O4/c1-7-10(2,4-5-16-7)11-9(15)12(3)6-8(13)14/h7H,4-6H2,1-3H3,(H,11,15)(H,13,14). The number of hydrogen-bond acceptors (Lipinski definition) is 3. The Bertz CT molecular complexity index is 295. The van der Waals surface area contributed by atoms with E-state index in [-0.39, 0.29) is 18.7 Å². The summed E-state index contributed by atoms with van der Waals surface area (Å²) in [5.74, 6) is -1.03. The molecule has 1 aliphatic heterocycles. The predicted molar refractivity (Wildman–Crippen MR) is 57.2 cm³/mol. The van der Waals surface area contributed by atoms with Crippen LogP contribution >= 0.6 is 0 Å². The van der Waals surface area contributed by atoms with Crippen molar-refractivity contribution in [2.45, 2.75) is 31.9 Å². The van der Waals surface area contributed by atoms with Crippen molar-refractivity contribution in [2.24, 2.45) is 0 Å². The molecule has 2 unspecified atom stereocenters. The van der Waals surface area contributed by atoms with E-state index in [1.807, 2.05) is 13.8 Å². The van der Waals surface area contributed by atoms with Gasteiger partial charge in [0.05, 0.1) is 11.6 Å². The second kappa shape index (κ2) is 4.69. The van der Waals surface area contributed by atoms with Crippen molar-refractivity contribution in [1.29, 1.82) is 0 Å². The first kappa shape index (κ1) is 12.8. The number of rotatable bonds is 3. The number of aliphatic carboxylic acids is 1. The minimum Gasteiger partial charge on any atom is -0.480 e. The highest BCUT2D eigenvalue weighted by atomic mass is 16.5. The molecule has 92 valence electrons. The average molecular weight is 230 g/mol. The number of ether oxygens (including phenoxy) is 1. The van der Waals surface area contributed by atoms with E-state index in [2.05, 4.69) is 5.32 Å². The van der Waals surface area contributed by atoms with Crippen LogP contribution in [0.5, 0.6) is 0 Å². The molecule has 0 spiro atoms. The molecule has 0 saturated carbocycles. The summed E-state index contributed by atoms with van der Waals surface area (Å²) in [5, 5.41) is 11.4. The van der Waals surface area contributed by atoms with Crippen molar-refractivity contribution in [2.75, 3.05) is 20.2 Å². The Kier molecular flexibility index (Phi) is 3.74. The summed E-state index contributed by atoms with van der Waals surface area (Å²) in [6.07, 6.45) is 0.676. The van der Waals surface area contributed by atoms with Gasteiger partial charge in [-0.05, 0) is 20.3 Å². The summed E-state index contributed by atoms with van der Waals surface area (Å²) in [6, 6.07) is -0.387. The summed E-state index contributed by atoms with van der Waals surface area (Å²) in [7, 11) is 1.45. The highest BCUT2D eigenvalue weighted by molar-refractivity contribution is 5.80. The molecule has 1 aliphatic rings. The molecule has 6 nitrogen and oxygen atoms in total. The first-order valence-corrected chi connectivity index (χ1v) is 5.22. The number of hydrogen-bond donors (Lipinski definition) is 2. The molecule has 0 aromatic rings. The zero-order valence-electron chi connectivity index (χ0n) is 9.82. The number of carbonyl (C=O) groups excluding carboxylic acids is 1. The highest BCUT2D eigenvalue weighted by Crippen LogP contribution is 2.25. The smallest absolute Gasteiger partial charge is 0.323 e. The van der Waals surface area contributed by atoms with Crippen molar-refractivity contribution in [3.05, 3.63) is 0 Å². The lowest BCUT2D eigenvalue weighted by molar-refractivity contribution is -0.137. The Morgan fingerprint density at radius 1 is 1.62 bits per heavy atom. The summed E-state index contributed by atoms with van der Waals surface area (Å²) in [6.45, 7) is 4.10. The largest absolute Gasteiger partial charge is 0.480 e. The van der Waals surface area contributed by atoms with Gasteiger partial charge >= 0.3 is 12.0 Å². The summed E-state index contributed by atoms with van der Waals surface area (Å²) >= 11 is 0. The second-order valence-corrected chi connectivity index (χ2v) is 4.36. The van der Waals surface area contributed by atoms with Gasteiger partial charge in [-0.1, -0.05) is 0 Å². The highest BCUT2D eigenvalue weighted by Gasteiger charge is 2.38. The van der Waals surface area contributed by atoms with E-state index < -0.39 is 11.5 Å². The zero-order valence-corrected chi connectivity index (χ0v) is 9.82. The lowest BCUT2D eigenvalue weighted by atomic mass is 9.95. The third-order valence-corrected chi connectivity index (χ3v) is 3.00. The first-order chi connectivity index (χ1) is 7.35. The van der Waals surface area contributed by atoms with Gasteiger partial charge in [-0.15, -0.1) is 0 Å². The van der Waals surface area contributed by atoms with Crippen LogP contribution in [-0.2, 0) is 9.53 Å². The maximum Gasteiger partial charge on any atom is 0.323 e. The maximum absolute atomic E-state index is 11.7. The van der Waals surface area contributed by atoms with Crippen LogP contribution in [0, 0.1) is 0 Å². The van der Waals surface area contributed by atoms with Crippen LogP contribution in [-0.4, -0.2) is 53.8 Å². The molecule has 16 heavy (non-hydrogen) atoms. The first-order valence-electron chi connectivity index (χ1n) is 5.22. The van der Waals surface area contributed by atoms with Crippen LogP contribution < -0.4 is 5.32 Å². The van der Waals surface area contributed by atoms with Gasteiger partial charge < -0.3 is 20.1 Å². The molecular formula is C10H18N2O4. The number of nitrogens with one attached hydrogen (secondary N) is 1. The van der Waals surface area contributed by atoms with Crippen LogP contribution in [0.3, 0.4) is 0 Å². The van der Waals surface area contributed by atoms with E-state index in [4.69, 9.17) is 9.84 Å². The van der Waals surface area contributed by atoms with Crippen molar-refractivity contribution in [3.8, 4) is 0 Å². The second-order valence-electron chi connectivity index (χ2n) is 4.36. The van der Waals surface area contributed by atoms with Gasteiger partial charge in [0.1, 0.15) is 6.54 Å². The molecule has 6 heteroatoms. The van der Waals surface area contributed by atoms with Crippen LogP contribution in [0.1, 0.15) is 20.3 Å². The molecule has 1 saturated heterocycles. The Labute approximate surface area is 94.6 Å². The lowest BCUT2D eigenvalue weighted by Gasteiger charge is -2.30. The minimum atomic E-state index is -1.03. The molecule has 0 bridgehead atoms. The fourth-order valence-corrected chi connectivity index (χ4v) is 1.61. The lowest BCUT2D eigenvalue weighted by Crippen LogP contribution is -2.54. The third-order valence-electron chi connectivity index (χ3n) is 3.00. The van der Waals surface area contributed by atoms with Gasteiger partial charge in [0.2, 0.25) is 0 Å². The summed E-state index contributed by atoms with van der Waals surface area (Å²) in [4.78, 5) is 23.3. The predicted octanol–water partition coefficient (Wildman–Crippen LogP) is 0.280. The molecular weight excluding hydrogens is 212 g/mol. The fourth-order valence-electron chi connectivity index (χ4n) is 1.61. The van der Waals surface area contributed by atoms with E-state index in [1.165, 1.54) is 7.05 Å². The Balaban J connectivity index is 2.53. The molecule has 2 amide bonds. The van der Waals surface area contributed by atoms with Gasteiger partial charge in [0.15, 0.2) is 0 Å². The van der Waals surface area contributed by atoms with Crippen LogP contribution in [0.15, 0.2) is 0 Å². The maximum atomic E-state index is 11.7. The number of nitrogens with zero attached hydrogens (tertiary/aromatic N) is 1. The monoisotopic (exact) mass is 230 g/mol. The molecule has 1 fully saturated rings. The number of carboxylic acid groups (broad SMARTS) is 1. The Morgan fingerprint density at radius 2 is 2.25 bits per heavy atom. The SMILES string of the molecule is CC1OCCC1(C)NC(=O)N(C)CC(=O)O. The van der Waals surface area contributed by atoms with Gasteiger partial charge in [0.25, 0.3) is 0 Å². The van der Waals surface area contributed by atoms with Crippen molar-refractivity contribution < 1.29 is 19.4 Å².